The monoisotopic (exact) mass is 293 g/mol. The molecular formula is C14H15NO4S. The largest absolute Gasteiger partial charge is 0.478 e. The summed E-state index contributed by atoms with van der Waals surface area (Å²) in [7, 11) is 0. The Labute approximate surface area is 120 Å². The second-order valence-electron chi connectivity index (χ2n) is 4.24. The molecule has 0 aliphatic heterocycles. The summed E-state index contributed by atoms with van der Waals surface area (Å²) in [4.78, 5) is 23.9. The van der Waals surface area contributed by atoms with Crippen LogP contribution in [0, 0.1) is 0 Å². The molecule has 2 aromatic heterocycles. The average molecular weight is 293 g/mol. The van der Waals surface area contributed by atoms with Gasteiger partial charge in [-0.15, -0.1) is 11.3 Å². The molecule has 20 heavy (non-hydrogen) atoms. The SMILES string of the molecule is CCc1cc(C(=O)O)c(NC(=O)CCc2ccco2)s1. The maximum atomic E-state index is 11.8. The first-order chi connectivity index (χ1) is 9.60. The molecule has 2 N–H and O–H groups in total. The number of anilines is 1. The van der Waals surface area contributed by atoms with Gasteiger partial charge in [0.25, 0.3) is 0 Å². The van der Waals surface area contributed by atoms with E-state index in [1.54, 1.807) is 24.5 Å². The zero-order chi connectivity index (χ0) is 14.5. The summed E-state index contributed by atoms with van der Waals surface area (Å²) in [5.74, 6) is -0.505. The number of hydrogen-bond acceptors (Lipinski definition) is 4. The van der Waals surface area contributed by atoms with E-state index in [9.17, 15) is 9.59 Å². The van der Waals surface area contributed by atoms with Crippen LogP contribution in [0.5, 0.6) is 0 Å². The van der Waals surface area contributed by atoms with Crippen LogP contribution in [0.15, 0.2) is 28.9 Å². The Hall–Kier alpha value is -2.08. The van der Waals surface area contributed by atoms with Crippen molar-refractivity contribution >= 4 is 28.2 Å². The lowest BCUT2D eigenvalue weighted by Gasteiger charge is -2.03. The smallest absolute Gasteiger partial charge is 0.338 e. The van der Waals surface area contributed by atoms with Gasteiger partial charge in [0.2, 0.25) is 5.91 Å². The van der Waals surface area contributed by atoms with Crippen molar-refractivity contribution in [3.05, 3.63) is 40.7 Å². The molecule has 0 unspecified atom stereocenters. The highest BCUT2D eigenvalue weighted by atomic mass is 32.1. The zero-order valence-corrected chi connectivity index (χ0v) is 11.8. The van der Waals surface area contributed by atoms with Crippen LogP contribution in [0.2, 0.25) is 0 Å². The number of carboxylic acid groups (broad SMARTS) is 1. The number of carbonyl (C=O) groups is 2. The van der Waals surface area contributed by atoms with Crippen molar-refractivity contribution in [2.45, 2.75) is 26.2 Å². The minimum absolute atomic E-state index is 0.151. The lowest BCUT2D eigenvalue weighted by molar-refractivity contribution is -0.116. The number of rotatable bonds is 6. The Balaban J connectivity index is 1.99. The minimum atomic E-state index is -1.03. The molecule has 0 atom stereocenters. The first kappa shape index (κ1) is 14.3. The van der Waals surface area contributed by atoms with Crippen molar-refractivity contribution in [2.75, 3.05) is 5.32 Å². The first-order valence-electron chi connectivity index (χ1n) is 6.28. The standard InChI is InChI=1S/C14H15NO4S/c1-2-10-8-11(14(17)18)13(20-10)15-12(16)6-5-9-4-3-7-19-9/h3-4,7-8H,2,5-6H2,1H3,(H,15,16)(H,17,18). The van der Waals surface area contributed by atoms with E-state index in [1.807, 2.05) is 6.92 Å². The molecule has 0 aliphatic carbocycles. The van der Waals surface area contributed by atoms with E-state index in [2.05, 4.69) is 5.32 Å². The quantitative estimate of drug-likeness (QED) is 0.857. The number of nitrogens with one attached hydrogen (secondary N) is 1. The van der Waals surface area contributed by atoms with Gasteiger partial charge in [-0.25, -0.2) is 4.79 Å². The number of carboxylic acids is 1. The molecule has 0 saturated carbocycles. The van der Waals surface area contributed by atoms with Gasteiger partial charge in [-0.05, 0) is 24.6 Å². The molecule has 5 nitrogen and oxygen atoms in total. The molecule has 2 heterocycles. The van der Waals surface area contributed by atoms with Crippen LogP contribution in [0.4, 0.5) is 5.00 Å². The number of amides is 1. The molecule has 6 heteroatoms. The molecule has 0 bridgehead atoms. The maximum Gasteiger partial charge on any atom is 0.338 e. The van der Waals surface area contributed by atoms with Gasteiger partial charge in [-0.1, -0.05) is 6.92 Å². The fourth-order valence-electron chi connectivity index (χ4n) is 1.75. The highest BCUT2D eigenvalue weighted by Crippen LogP contribution is 2.28. The maximum absolute atomic E-state index is 11.8. The fourth-order valence-corrected chi connectivity index (χ4v) is 2.75. The molecule has 106 valence electrons. The Morgan fingerprint density at radius 1 is 1.45 bits per heavy atom. The third kappa shape index (κ3) is 3.48. The van der Waals surface area contributed by atoms with Crippen molar-refractivity contribution in [1.29, 1.82) is 0 Å². The van der Waals surface area contributed by atoms with Crippen molar-refractivity contribution in [2.24, 2.45) is 0 Å². The van der Waals surface area contributed by atoms with Gasteiger partial charge in [-0.2, -0.15) is 0 Å². The van der Waals surface area contributed by atoms with E-state index in [0.717, 1.165) is 17.1 Å². The van der Waals surface area contributed by atoms with Gasteiger partial charge >= 0.3 is 5.97 Å². The third-order valence-electron chi connectivity index (χ3n) is 2.79. The van der Waals surface area contributed by atoms with Crippen molar-refractivity contribution in [3.8, 4) is 0 Å². The van der Waals surface area contributed by atoms with Crippen LogP contribution in [0.1, 0.15) is 34.3 Å². The van der Waals surface area contributed by atoms with Gasteiger partial charge in [0.05, 0.1) is 11.8 Å². The predicted octanol–water partition coefficient (Wildman–Crippen LogP) is 3.17. The normalized spacial score (nSPS) is 10.4. The number of thiophene rings is 1. The second kappa shape index (κ2) is 6.38. The van der Waals surface area contributed by atoms with E-state index in [1.165, 1.54) is 11.3 Å². The highest BCUT2D eigenvalue weighted by molar-refractivity contribution is 7.16. The summed E-state index contributed by atoms with van der Waals surface area (Å²) in [6.07, 6.45) is 3.05. The molecule has 2 aromatic rings. The van der Waals surface area contributed by atoms with Gasteiger partial charge in [-0.3, -0.25) is 4.79 Å². The summed E-state index contributed by atoms with van der Waals surface area (Å²) >= 11 is 1.30. The van der Waals surface area contributed by atoms with Crippen LogP contribution >= 0.6 is 11.3 Å². The van der Waals surface area contributed by atoms with Crippen molar-refractivity contribution in [1.82, 2.24) is 0 Å². The van der Waals surface area contributed by atoms with E-state index >= 15 is 0 Å². The van der Waals surface area contributed by atoms with E-state index < -0.39 is 5.97 Å². The lowest BCUT2D eigenvalue weighted by atomic mass is 10.2. The molecule has 1 amide bonds. The minimum Gasteiger partial charge on any atom is -0.478 e. The first-order valence-corrected chi connectivity index (χ1v) is 7.10. The van der Waals surface area contributed by atoms with Crippen LogP contribution in [0.3, 0.4) is 0 Å². The van der Waals surface area contributed by atoms with E-state index in [4.69, 9.17) is 9.52 Å². The van der Waals surface area contributed by atoms with E-state index in [-0.39, 0.29) is 17.9 Å². The molecule has 0 saturated heterocycles. The zero-order valence-electron chi connectivity index (χ0n) is 11.0. The molecule has 0 fully saturated rings. The number of aryl methyl sites for hydroxylation is 2. The third-order valence-corrected chi connectivity index (χ3v) is 3.99. The molecule has 0 aromatic carbocycles. The predicted molar refractivity (Wildman–Crippen MR) is 76.3 cm³/mol. The van der Waals surface area contributed by atoms with Gasteiger partial charge in [0.1, 0.15) is 10.8 Å². The average Bonchev–Trinajstić information content (AvgIpc) is 3.05. The fraction of sp³-hybridized carbons (Fsp3) is 0.286. The highest BCUT2D eigenvalue weighted by Gasteiger charge is 2.16. The Morgan fingerprint density at radius 2 is 2.25 bits per heavy atom. The van der Waals surface area contributed by atoms with Gasteiger partial charge in [0.15, 0.2) is 0 Å². The second-order valence-corrected chi connectivity index (χ2v) is 5.38. The topological polar surface area (TPSA) is 79.5 Å². The summed E-state index contributed by atoms with van der Waals surface area (Å²) in [5, 5.41) is 12.2. The molecule has 0 spiro atoms. The van der Waals surface area contributed by atoms with Crippen LogP contribution in [-0.4, -0.2) is 17.0 Å². The van der Waals surface area contributed by atoms with Gasteiger partial charge in [0, 0.05) is 17.7 Å². The number of hydrogen-bond donors (Lipinski definition) is 2. The molecule has 2 rings (SSSR count). The van der Waals surface area contributed by atoms with Crippen LogP contribution in [0.25, 0.3) is 0 Å². The Morgan fingerprint density at radius 3 is 2.85 bits per heavy atom. The number of carbonyl (C=O) groups excluding carboxylic acids is 1. The van der Waals surface area contributed by atoms with Crippen molar-refractivity contribution in [3.63, 3.8) is 0 Å². The van der Waals surface area contributed by atoms with Crippen LogP contribution in [-0.2, 0) is 17.6 Å². The molecule has 0 radical (unpaired) electrons. The summed E-state index contributed by atoms with van der Waals surface area (Å²) in [6, 6.07) is 5.17. The molecular weight excluding hydrogens is 278 g/mol. The Kier molecular flexibility index (Phi) is 4.57. The van der Waals surface area contributed by atoms with Crippen LogP contribution < -0.4 is 5.32 Å². The van der Waals surface area contributed by atoms with Crippen molar-refractivity contribution < 1.29 is 19.1 Å². The van der Waals surface area contributed by atoms with Gasteiger partial charge < -0.3 is 14.8 Å². The molecule has 0 aliphatic rings. The number of furan rings is 1. The lowest BCUT2D eigenvalue weighted by Crippen LogP contribution is -2.13. The summed E-state index contributed by atoms with van der Waals surface area (Å²) in [6.45, 7) is 1.94. The van der Waals surface area contributed by atoms with E-state index in [0.29, 0.717) is 11.4 Å². The Bertz CT molecular complexity index is 601. The summed E-state index contributed by atoms with van der Waals surface area (Å²) in [5.41, 5.74) is 0.151. The number of aromatic carboxylic acids is 1. The summed E-state index contributed by atoms with van der Waals surface area (Å²) < 4.78 is 5.15.